The summed E-state index contributed by atoms with van der Waals surface area (Å²) in [4.78, 5) is 48.3. The van der Waals surface area contributed by atoms with Gasteiger partial charge in [-0.2, -0.15) is 0 Å². The maximum Gasteiger partial charge on any atom is 0.0609 e. The van der Waals surface area contributed by atoms with Gasteiger partial charge in [-0.3, -0.25) is 0 Å². The molecule has 2 aliphatic heterocycles. The summed E-state index contributed by atoms with van der Waals surface area (Å²) in [6.07, 6.45) is 8.04. The van der Waals surface area contributed by atoms with Gasteiger partial charge in [0.15, 0.2) is 0 Å². The fourth-order valence-corrected chi connectivity index (χ4v) is 5.57. The van der Waals surface area contributed by atoms with Gasteiger partial charge in [-0.25, -0.2) is 0 Å². The second-order valence-corrected chi connectivity index (χ2v) is 7.93. The first-order valence-corrected chi connectivity index (χ1v) is 9.36. The van der Waals surface area contributed by atoms with E-state index in [1.807, 2.05) is 19.1 Å². The van der Waals surface area contributed by atoms with Gasteiger partial charge in [0.05, 0.1) is 23.6 Å². The van der Waals surface area contributed by atoms with E-state index in [0.717, 1.165) is 12.8 Å². The number of fused-ring (bicyclic) bond motifs is 2. The standard InChI is InChI=1S/C20H24N2O4.2CH3.3Y/c1-3-9-7-11(15-13(9)17(23)21-19(15)25)5-6-12-8-10(4-2)14-16(12)20(26)22-18(14)24;;;;;/h3,5-6,9-16H,1,4,7-8H2,2H3,(H2,21,22,23,24,25,26);2*1H3;;;/q;2*-1;;;/p-2/b6-5-;;;;;/t9-,10+,11+,12-,13?,14?,15?,16?;;;;;/m1...../s1. The zero-order chi connectivity index (χ0) is 18.6. The molecule has 2 aliphatic carbocycles. The molecule has 0 aromatic heterocycles. The number of hydrogen-bond acceptors (Lipinski definition) is 4. The van der Waals surface area contributed by atoms with E-state index in [-0.39, 0.29) is 178 Å². The number of hydrogen-bond donors (Lipinski definition) is 0. The van der Waals surface area contributed by atoms with Crippen molar-refractivity contribution in [2.75, 3.05) is 0 Å². The Morgan fingerprint density at radius 3 is 1.58 bits per heavy atom. The van der Waals surface area contributed by atoms with Gasteiger partial charge in [-0.05, 0) is 36.5 Å². The van der Waals surface area contributed by atoms with Crippen molar-refractivity contribution in [1.29, 1.82) is 0 Å². The fourth-order valence-electron chi connectivity index (χ4n) is 5.57. The third-order valence-electron chi connectivity index (χ3n) is 6.80. The van der Waals surface area contributed by atoms with Crippen LogP contribution in [0.3, 0.4) is 0 Å². The van der Waals surface area contributed by atoms with Crippen LogP contribution in [0.2, 0.25) is 0 Å². The molecule has 31 heavy (non-hydrogen) atoms. The van der Waals surface area contributed by atoms with E-state index in [1.165, 1.54) is 0 Å². The first-order valence-electron chi connectivity index (χ1n) is 9.36. The first-order chi connectivity index (χ1) is 12.5. The normalized spacial score (nSPS) is 37.2. The van der Waals surface area contributed by atoms with Crippen LogP contribution in [0.5, 0.6) is 0 Å². The number of amides is 4. The van der Waals surface area contributed by atoms with Crippen LogP contribution in [0, 0.1) is 62.2 Å². The molecule has 9 heteroatoms. The third-order valence-corrected chi connectivity index (χ3v) is 6.80. The topological polar surface area (TPSA) is 96.5 Å². The molecule has 0 aromatic rings. The summed E-state index contributed by atoms with van der Waals surface area (Å²) in [5.74, 6) is -2.66. The average molecular weight is 651 g/mol. The maximum absolute atomic E-state index is 12.2. The summed E-state index contributed by atoms with van der Waals surface area (Å²) in [7, 11) is 0. The number of rotatable bonds is 4. The van der Waals surface area contributed by atoms with E-state index >= 15 is 0 Å². The number of carbonyl (C=O) groups is 4. The van der Waals surface area contributed by atoms with E-state index in [4.69, 9.17) is 0 Å². The molecule has 2 saturated carbocycles. The van der Waals surface area contributed by atoms with Crippen molar-refractivity contribution in [2.24, 2.45) is 47.3 Å². The summed E-state index contributed by atoms with van der Waals surface area (Å²) < 4.78 is 0. The van der Waals surface area contributed by atoms with Crippen molar-refractivity contribution in [3.63, 3.8) is 0 Å². The Bertz CT molecular complexity index is 742. The number of carbonyl (C=O) groups excluding carboxylic acids is 4. The molecule has 0 bridgehead atoms. The molecule has 4 fully saturated rings. The van der Waals surface area contributed by atoms with Crippen LogP contribution in [0.15, 0.2) is 24.8 Å². The average Bonchev–Trinajstić information content (AvgIpc) is 3.30. The molecular formula is C22H28N2O4Y3-4. The van der Waals surface area contributed by atoms with Crippen LogP contribution in [0.4, 0.5) is 0 Å². The van der Waals surface area contributed by atoms with E-state index < -0.39 is 5.92 Å². The molecule has 2 saturated heterocycles. The van der Waals surface area contributed by atoms with Crippen LogP contribution in [0.1, 0.15) is 26.2 Å². The number of imide groups is 2. The molecule has 163 valence electrons. The minimum atomic E-state index is -0.411. The fraction of sp³-hybridized carbons (Fsp3) is 0.545. The van der Waals surface area contributed by atoms with Crippen LogP contribution in [0.25, 0.3) is 10.6 Å². The minimum absolute atomic E-state index is 0. The summed E-state index contributed by atoms with van der Waals surface area (Å²) >= 11 is 0. The summed E-state index contributed by atoms with van der Waals surface area (Å²) in [6.45, 7) is 5.83. The number of nitrogens with zero attached hydrogens (tertiary/aromatic N) is 2. The maximum atomic E-state index is 12.2. The molecule has 4 unspecified atom stereocenters. The quantitative estimate of drug-likeness (QED) is 0.264. The van der Waals surface area contributed by atoms with Crippen LogP contribution >= 0.6 is 0 Å². The van der Waals surface area contributed by atoms with E-state index in [0.29, 0.717) is 6.42 Å². The van der Waals surface area contributed by atoms with Crippen LogP contribution < -0.4 is 0 Å². The van der Waals surface area contributed by atoms with Crippen molar-refractivity contribution in [3.8, 4) is 0 Å². The minimum Gasteiger partial charge on any atom is -0.595 e. The van der Waals surface area contributed by atoms with E-state index in [9.17, 15) is 19.2 Å². The van der Waals surface area contributed by atoms with Gasteiger partial charge in [0, 0.05) is 122 Å². The summed E-state index contributed by atoms with van der Waals surface area (Å²) in [6, 6.07) is 0. The summed E-state index contributed by atoms with van der Waals surface area (Å²) in [5, 5.41) is 7.29. The van der Waals surface area contributed by atoms with Crippen molar-refractivity contribution in [1.82, 2.24) is 0 Å². The molecule has 6 nitrogen and oxygen atoms in total. The van der Waals surface area contributed by atoms with Crippen LogP contribution in [-0.2, 0) is 117 Å². The van der Waals surface area contributed by atoms with Crippen molar-refractivity contribution in [2.45, 2.75) is 26.2 Å². The molecule has 8 atom stereocenters. The van der Waals surface area contributed by atoms with Gasteiger partial charge in [0.2, 0.25) is 0 Å². The molecule has 4 aliphatic rings. The van der Waals surface area contributed by atoms with Gasteiger partial charge >= 0.3 is 0 Å². The molecule has 0 aromatic carbocycles. The van der Waals surface area contributed by atoms with Crippen molar-refractivity contribution < 1.29 is 117 Å². The Morgan fingerprint density at radius 1 is 0.742 bits per heavy atom. The van der Waals surface area contributed by atoms with Gasteiger partial charge in [0.1, 0.15) is 0 Å². The van der Waals surface area contributed by atoms with Gasteiger partial charge < -0.3 is 44.7 Å². The number of allylic oxidation sites excluding steroid dienone is 3. The Balaban J connectivity index is 0. The largest absolute Gasteiger partial charge is 0.595 e. The monoisotopic (exact) mass is 651 g/mol. The zero-order valence-electron chi connectivity index (χ0n) is 18.4. The second-order valence-electron chi connectivity index (χ2n) is 7.93. The Morgan fingerprint density at radius 2 is 1.13 bits per heavy atom. The Hall–Kier alpha value is 1.07. The predicted molar refractivity (Wildman–Crippen MR) is 106 cm³/mol. The molecular weight excluding hydrogens is 623 g/mol. The van der Waals surface area contributed by atoms with Gasteiger partial charge in [-0.1, -0.05) is 31.6 Å². The third kappa shape index (κ3) is 6.02. The van der Waals surface area contributed by atoms with Gasteiger partial charge in [-0.15, -0.1) is 6.58 Å². The molecule has 0 N–H and O–H groups in total. The van der Waals surface area contributed by atoms with E-state index in [2.05, 4.69) is 17.2 Å². The smallest absolute Gasteiger partial charge is 0.0609 e. The predicted octanol–water partition coefficient (Wildman–Crippen LogP) is 3.65. The SMILES string of the molecule is C=C[C@@H]1C[C@H](/C=C\[C@@H]2C[C@H](CC)C3C(=O)[N-]C(=O)C32)C2C(=O)[N-]C(=O)C21.[CH3-].[CH3-].[Y].[Y].[Y]. The zero-order valence-corrected chi connectivity index (χ0v) is 27.0. The van der Waals surface area contributed by atoms with Gasteiger partial charge in [0.25, 0.3) is 0 Å². The Labute approximate surface area is 261 Å². The summed E-state index contributed by atoms with van der Waals surface area (Å²) in [5.41, 5.74) is 0. The molecule has 2 heterocycles. The van der Waals surface area contributed by atoms with Crippen molar-refractivity contribution >= 4 is 23.6 Å². The first kappa shape index (κ1) is 34.2. The van der Waals surface area contributed by atoms with E-state index in [1.54, 1.807) is 6.08 Å². The van der Waals surface area contributed by atoms with Crippen LogP contribution in [-0.4, -0.2) is 23.6 Å². The molecule has 0 spiro atoms. The molecule has 4 rings (SSSR count). The second kappa shape index (κ2) is 13.8. The molecule has 3 radical (unpaired) electrons. The molecule has 4 amide bonds. The van der Waals surface area contributed by atoms with Crippen molar-refractivity contribution in [3.05, 3.63) is 50.3 Å². The Kier molecular flexibility index (Phi) is 15.3.